The summed E-state index contributed by atoms with van der Waals surface area (Å²) in [6.07, 6.45) is 7.72. The molecule has 2 rings (SSSR count). The SMILES string of the molecule is C[C@@H]1CC2C/C(=C\CCCC(=O)O)C[C@@H]2[C@H]1CO. The Kier molecular flexibility index (Phi) is 4.44. The summed E-state index contributed by atoms with van der Waals surface area (Å²) >= 11 is 0. The summed E-state index contributed by atoms with van der Waals surface area (Å²) in [7, 11) is 0. The lowest BCUT2D eigenvalue weighted by molar-refractivity contribution is -0.137. The monoisotopic (exact) mass is 252 g/mol. The maximum absolute atomic E-state index is 10.4. The van der Waals surface area contributed by atoms with E-state index in [0.29, 0.717) is 24.4 Å². The van der Waals surface area contributed by atoms with Crippen molar-refractivity contribution in [3.05, 3.63) is 11.6 Å². The summed E-state index contributed by atoms with van der Waals surface area (Å²) in [5.74, 6) is 1.89. The molecule has 0 bridgehead atoms. The zero-order chi connectivity index (χ0) is 13.1. The van der Waals surface area contributed by atoms with E-state index >= 15 is 0 Å². The van der Waals surface area contributed by atoms with E-state index in [-0.39, 0.29) is 6.42 Å². The molecule has 0 saturated heterocycles. The Labute approximate surface area is 109 Å². The highest BCUT2D eigenvalue weighted by atomic mass is 16.4. The molecule has 1 unspecified atom stereocenters. The maximum atomic E-state index is 10.4. The molecule has 0 aliphatic heterocycles. The van der Waals surface area contributed by atoms with Crippen LogP contribution in [0.5, 0.6) is 0 Å². The summed E-state index contributed by atoms with van der Waals surface area (Å²) in [6, 6.07) is 0. The van der Waals surface area contributed by atoms with Crippen LogP contribution in [0.2, 0.25) is 0 Å². The topological polar surface area (TPSA) is 57.5 Å². The summed E-state index contributed by atoms with van der Waals surface area (Å²) in [6.45, 7) is 2.59. The lowest BCUT2D eigenvalue weighted by Crippen LogP contribution is -2.17. The first-order chi connectivity index (χ1) is 8.61. The van der Waals surface area contributed by atoms with E-state index in [2.05, 4.69) is 13.0 Å². The summed E-state index contributed by atoms with van der Waals surface area (Å²) in [5.41, 5.74) is 1.50. The molecular formula is C15H24O3. The summed E-state index contributed by atoms with van der Waals surface area (Å²) < 4.78 is 0. The molecule has 2 saturated carbocycles. The van der Waals surface area contributed by atoms with Gasteiger partial charge in [0.25, 0.3) is 0 Å². The third kappa shape index (κ3) is 2.94. The van der Waals surface area contributed by atoms with Crippen molar-refractivity contribution in [1.29, 1.82) is 0 Å². The predicted molar refractivity (Wildman–Crippen MR) is 70.1 cm³/mol. The molecule has 2 N–H and O–H groups in total. The lowest BCUT2D eigenvalue weighted by Gasteiger charge is -2.18. The lowest BCUT2D eigenvalue weighted by atomic mass is 9.89. The fraction of sp³-hybridized carbons (Fsp3) is 0.800. The second-order valence-corrected chi connectivity index (χ2v) is 6.04. The third-order valence-electron chi connectivity index (χ3n) is 4.82. The van der Waals surface area contributed by atoms with Gasteiger partial charge in [0.05, 0.1) is 0 Å². The first kappa shape index (κ1) is 13.6. The third-order valence-corrected chi connectivity index (χ3v) is 4.82. The Morgan fingerprint density at radius 2 is 2.22 bits per heavy atom. The molecule has 3 heteroatoms. The number of unbranched alkanes of at least 4 members (excludes halogenated alkanes) is 1. The highest BCUT2D eigenvalue weighted by Crippen LogP contribution is 2.52. The van der Waals surface area contributed by atoms with Crippen LogP contribution >= 0.6 is 0 Å². The first-order valence-corrected chi connectivity index (χ1v) is 7.12. The van der Waals surface area contributed by atoms with Crippen LogP contribution in [0, 0.1) is 23.7 Å². The van der Waals surface area contributed by atoms with E-state index in [1.54, 1.807) is 0 Å². The van der Waals surface area contributed by atoms with Gasteiger partial charge in [0.2, 0.25) is 0 Å². The minimum Gasteiger partial charge on any atom is -0.481 e. The molecular weight excluding hydrogens is 228 g/mol. The fourth-order valence-electron chi connectivity index (χ4n) is 3.92. The van der Waals surface area contributed by atoms with Crippen molar-refractivity contribution in [3.8, 4) is 0 Å². The van der Waals surface area contributed by atoms with Crippen molar-refractivity contribution in [1.82, 2.24) is 0 Å². The number of aliphatic hydroxyl groups is 1. The van der Waals surface area contributed by atoms with Gasteiger partial charge in [-0.15, -0.1) is 0 Å². The van der Waals surface area contributed by atoms with Gasteiger partial charge in [-0.25, -0.2) is 0 Å². The summed E-state index contributed by atoms with van der Waals surface area (Å²) in [5, 5.41) is 18.0. The van der Waals surface area contributed by atoms with Gasteiger partial charge in [0, 0.05) is 13.0 Å². The number of carboxylic acids is 1. The zero-order valence-corrected chi connectivity index (χ0v) is 11.1. The minimum atomic E-state index is -0.703. The van der Waals surface area contributed by atoms with Crippen molar-refractivity contribution in [2.24, 2.45) is 23.7 Å². The predicted octanol–water partition coefficient (Wildman–Crippen LogP) is 2.84. The Bertz CT molecular complexity index is 335. The molecule has 102 valence electrons. The van der Waals surface area contributed by atoms with Crippen LogP contribution in [0.4, 0.5) is 0 Å². The second kappa shape index (κ2) is 5.87. The van der Waals surface area contributed by atoms with Gasteiger partial charge in [-0.3, -0.25) is 4.79 Å². The molecule has 0 heterocycles. The zero-order valence-electron chi connectivity index (χ0n) is 11.1. The van der Waals surface area contributed by atoms with Crippen LogP contribution in [-0.2, 0) is 4.79 Å². The van der Waals surface area contributed by atoms with Gasteiger partial charge in [-0.1, -0.05) is 18.6 Å². The molecule has 0 aromatic rings. The van der Waals surface area contributed by atoms with Crippen molar-refractivity contribution >= 4 is 5.97 Å². The van der Waals surface area contributed by atoms with Crippen LogP contribution in [-0.4, -0.2) is 22.8 Å². The van der Waals surface area contributed by atoms with Gasteiger partial charge >= 0.3 is 5.97 Å². The highest BCUT2D eigenvalue weighted by molar-refractivity contribution is 5.66. The Hall–Kier alpha value is -0.830. The fourth-order valence-corrected chi connectivity index (χ4v) is 3.92. The maximum Gasteiger partial charge on any atom is 0.303 e. The number of aliphatic hydroxyl groups excluding tert-OH is 1. The van der Waals surface area contributed by atoms with Crippen LogP contribution in [0.15, 0.2) is 11.6 Å². The number of hydrogen-bond donors (Lipinski definition) is 2. The molecule has 3 nitrogen and oxygen atoms in total. The van der Waals surface area contributed by atoms with E-state index in [0.717, 1.165) is 25.2 Å². The quantitative estimate of drug-likeness (QED) is 0.584. The minimum absolute atomic E-state index is 0.271. The summed E-state index contributed by atoms with van der Waals surface area (Å²) in [4.78, 5) is 10.4. The molecule has 0 radical (unpaired) electrons. The molecule has 18 heavy (non-hydrogen) atoms. The smallest absolute Gasteiger partial charge is 0.303 e. The molecule has 0 aromatic heterocycles. The van der Waals surface area contributed by atoms with Gasteiger partial charge in [-0.05, 0) is 55.8 Å². The Morgan fingerprint density at radius 3 is 2.89 bits per heavy atom. The molecule has 2 aliphatic rings. The molecule has 2 fully saturated rings. The van der Waals surface area contributed by atoms with Gasteiger partial charge in [0.1, 0.15) is 0 Å². The first-order valence-electron chi connectivity index (χ1n) is 7.12. The Morgan fingerprint density at radius 1 is 1.44 bits per heavy atom. The number of aliphatic carboxylic acids is 1. The van der Waals surface area contributed by atoms with Crippen molar-refractivity contribution < 1.29 is 15.0 Å². The van der Waals surface area contributed by atoms with Crippen LogP contribution in [0.3, 0.4) is 0 Å². The number of carboxylic acid groups (broad SMARTS) is 1. The Balaban J connectivity index is 1.82. The van der Waals surface area contributed by atoms with Crippen molar-refractivity contribution in [2.45, 2.75) is 45.4 Å². The normalized spacial score (nSPS) is 37.1. The number of allylic oxidation sites excluding steroid dienone is 2. The number of hydrogen-bond acceptors (Lipinski definition) is 2. The second-order valence-electron chi connectivity index (χ2n) is 6.04. The number of rotatable bonds is 5. The van der Waals surface area contributed by atoms with E-state index in [1.165, 1.54) is 18.4 Å². The number of fused-ring (bicyclic) bond motifs is 1. The van der Waals surface area contributed by atoms with Crippen molar-refractivity contribution in [2.75, 3.05) is 6.61 Å². The van der Waals surface area contributed by atoms with Crippen molar-refractivity contribution in [3.63, 3.8) is 0 Å². The highest BCUT2D eigenvalue weighted by Gasteiger charge is 2.44. The van der Waals surface area contributed by atoms with Crippen LogP contribution < -0.4 is 0 Å². The van der Waals surface area contributed by atoms with Gasteiger partial charge in [-0.2, -0.15) is 0 Å². The average Bonchev–Trinajstić information content (AvgIpc) is 2.80. The van der Waals surface area contributed by atoms with E-state index < -0.39 is 5.97 Å². The molecule has 0 spiro atoms. The molecule has 2 aliphatic carbocycles. The van der Waals surface area contributed by atoms with E-state index in [1.807, 2.05) is 0 Å². The van der Waals surface area contributed by atoms with Crippen LogP contribution in [0.25, 0.3) is 0 Å². The van der Waals surface area contributed by atoms with Gasteiger partial charge < -0.3 is 10.2 Å². The van der Waals surface area contributed by atoms with Gasteiger partial charge in [0.15, 0.2) is 0 Å². The van der Waals surface area contributed by atoms with E-state index in [9.17, 15) is 9.90 Å². The number of carbonyl (C=O) groups is 1. The molecule has 0 aromatic carbocycles. The molecule has 0 amide bonds. The van der Waals surface area contributed by atoms with E-state index in [4.69, 9.17) is 5.11 Å². The largest absolute Gasteiger partial charge is 0.481 e. The standard InChI is InChI=1S/C15H24O3/c1-10-6-12-7-11(4-2-3-5-15(17)18)8-13(12)14(10)9-16/h4,10,12-14,16H,2-3,5-9H2,1H3,(H,17,18)/b11-4+/t10-,12?,13+,14+/m1/s1. The average molecular weight is 252 g/mol. The molecule has 4 atom stereocenters. The van der Waals surface area contributed by atoms with Crippen LogP contribution in [0.1, 0.15) is 45.4 Å².